The van der Waals surface area contributed by atoms with Crippen LogP contribution in [0.3, 0.4) is 0 Å². The van der Waals surface area contributed by atoms with Crippen LogP contribution in [0.1, 0.15) is 25.6 Å². The van der Waals surface area contributed by atoms with Gasteiger partial charge in [0.2, 0.25) is 0 Å². The van der Waals surface area contributed by atoms with Crippen molar-refractivity contribution in [3.63, 3.8) is 0 Å². The van der Waals surface area contributed by atoms with E-state index in [0.29, 0.717) is 11.7 Å². The highest BCUT2D eigenvalue weighted by Crippen LogP contribution is 2.43. The molecule has 1 saturated carbocycles. The number of methoxy groups -OCH3 is 1. The van der Waals surface area contributed by atoms with Crippen LogP contribution in [0.15, 0.2) is 4.34 Å². The Balaban J connectivity index is 2.10. The highest BCUT2D eigenvalue weighted by molar-refractivity contribution is 8.01. The van der Waals surface area contributed by atoms with Gasteiger partial charge in [0, 0.05) is 5.75 Å². The number of nitrogens with zero attached hydrogens (tertiary/aromatic N) is 2. The lowest BCUT2D eigenvalue weighted by Crippen LogP contribution is -2.56. The zero-order valence-electron chi connectivity index (χ0n) is 11.4. The zero-order valence-corrected chi connectivity index (χ0v) is 13.1. The third-order valence-corrected chi connectivity index (χ3v) is 5.37. The number of carbonyl (C=O) groups is 1. The number of aromatic nitrogens is 2. The summed E-state index contributed by atoms with van der Waals surface area (Å²) in [6, 6.07) is 0. The summed E-state index contributed by atoms with van der Waals surface area (Å²) in [5.74, 6) is 1.64. The molecule has 0 bridgehead atoms. The van der Waals surface area contributed by atoms with Gasteiger partial charge in [-0.3, -0.25) is 4.79 Å². The van der Waals surface area contributed by atoms with Crippen molar-refractivity contribution in [2.75, 3.05) is 19.4 Å². The van der Waals surface area contributed by atoms with E-state index in [4.69, 9.17) is 4.74 Å². The third-order valence-electron chi connectivity index (χ3n) is 3.25. The van der Waals surface area contributed by atoms with E-state index in [1.165, 1.54) is 18.6 Å². The van der Waals surface area contributed by atoms with Gasteiger partial charge in [-0.25, -0.2) is 4.98 Å². The van der Waals surface area contributed by atoms with Crippen LogP contribution >= 0.6 is 23.3 Å². The van der Waals surface area contributed by atoms with E-state index in [-0.39, 0.29) is 5.97 Å². The Kier molecular flexibility index (Phi) is 4.81. The second kappa shape index (κ2) is 6.19. The molecule has 1 aromatic rings. The van der Waals surface area contributed by atoms with Crippen LogP contribution in [-0.2, 0) is 9.53 Å². The van der Waals surface area contributed by atoms with Crippen LogP contribution in [0.2, 0.25) is 0 Å². The quantitative estimate of drug-likeness (QED) is 0.613. The molecule has 1 fully saturated rings. The molecule has 5 nitrogen and oxygen atoms in total. The van der Waals surface area contributed by atoms with Crippen molar-refractivity contribution >= 4 is 29.3 Å². The predicted molar refractivity (Wildman–Crippen MR) is 76.5 cm³/mol. The number of ether oxygens (including phenoxy) is 1. The Morgan fingerprint density at radius 1 is 1.63 bits per heavy atom. The van der Waals surface area contributed by atoms with Crippen molar-refractivity contribution in [2.45, 2.75) is 36.6 Å². The Labute approximate surface area is 121 Å². The van der Waals surface area contributed by atoms with E-state index in [2.05, 4.69) is 14.7 Å². The third kappa shape index (κ3) is 3.27. The zero-order chi connectivity index (χ0) is 13.9. The second-order valence-electron chi connectivity index (χ2n) is 4.66. The lowest BCUT2D eigenvalue weighted by Gasteiger charge is -2.31. The molecule has 0 amide bonds. The molecule has 1 heterocycles. The van der Waals surface area contributed by atoms with Crippen molar-refractivity contribution in [1.82, 2.24) is 14.7 Å². The predicted octanol–water partition coefficient (Wildman–Crippen LogP) is 1.87. The van der Waals surface area contributed by atoms with Gasteiger partial charge in [-0.15, -0.1) is 0 Å². The number of rotatable bonds is 7. The number of likely N-dealkylation sites (N-methyl/N-ethyl adjacent to an activating group) is 1. The number of thioether (sulfide) groups is 1. The summed E-state index contributed by atoms with van der Waals surface area (Å²) < 4.78 is 10.1. The first-order chi connectivity index (χ1) is 9.12. The first-order valence-electron chi connectivity index (χ1n) is 6.39. The molecule has 0 saturated heterocycles. The van der Waals surface area contributed by atoms with Crippen molar-refractivity contribution in [2.24, 2.45) is 5.92 Å². The Hall–Kier alpha value is -0.660. The molecule has 19 heavy (non-hydrogen) atoms. The van der Waals surface area contributed by atoms with Gasteiger partial charge in [0.15, 0.2) is 4.34 Å². The largest absolute Gasteiger partial charge is 0.468 e. The fourth-order valence-corrected chi connectivity index (χ4v) is 4.12. The minimum absolute atomic E-state index is 0.161. The fourth-order valence-electron chi connectivity index (χ4n) is 2.20. The lowest BCUT2D eigenvalue weighted by molar-refractivity contribution is -0.148. The van der Waals surface area contributed by atoms with Crippen molar-refractivity contribution in [1.29, 1.82) is 0 Å². The molecule has 0 spiro atoms. The van der Waals surface area contributed by atoms with E-state index in [0.717, 1.165) is 29.6 Å². The normalized spacial score (nSPS) is 18.1. The minimum Gasteiger partial charge on any atom is -0.468 e. The van der Waals surface area contributed by atoms with Gasteiger partial charge in [-0.05, 0) is 43.8 Å². The molecule has 0 radical (unpaired) electrons. The van der Waals surface area contributed by atoms with Crippen LogP contribution < -0.4 is 5.32 Å². The van der Waals surface area contributed by atoms with Gasteiger partial charge >= 0.3 is 5.97 Å². The average Bonchev–Trinajstić information content (AvgIpc) is 3.17. The minimum atomic E-state index is -0.576. The van der Waals surface area contributed by atoms with Gasteiger partial charge in [-0.1, -0.05) is 18.7 Å². The molecule has 0 aromatic carbocycles. The van der Waals surface area contributed by atoms with E-state index in [9.17, 15) is 4.79 Å². The van der Waals surface area contributed by atoms with Crippen molar-refractivity contribution in [3.8, 4) is 0 Å². The molecule has 1 N–H and O–H groups in total. The summed E-state index contributed by atoms with van der Waals surface area (Å²) in [4.78, 5) is 16.5. The number of esters is 1. The highest BCUT2D eigenvalue weighted by atomic mass is 32.2. The maximum atomic E-state index is 12.2. The van der Waals surface area contributed by atoms with Gasteiger partial charge in [0.05, 0.1) is 7.11 Å². The highest BCUT2D eigenvalue weighted by Gasteiger charge is 2.51. The number of hydrogen-bond acceptors (Lipinski definition) is 7. The van der Waals surface area contributed by atoms with Crippen LogP contribution in [0.25, 0.3) is 0 Å². The molecular weight excluding hydrogens is 282 g/mol. The molecule has 1 aliphatic carbocycles. The summed E-state index contributed by atoms with van der Waals surface area (Å²) >= 11 is 2.96. The summed E-state index contributed by atoms with van der Waals surface area (Å²) in [5.41, 5.74) is -0.576. The molecule has 1 aliphatic rings. The van der Waals surface area contributed by atoms with Crippen LogP contribution in [0.4, 0.5) is 0 Å². The number of carbonyl (C=O) groups excluding carboxylic acids is 1. The van der Waals surface area contributed by atoms with Crippen LogP contribution in [0, 0.1) is 12.8 Å². The van der Waals surface area contributed by atoms with Crippen molar-refractivity contribution in [3.05, 3.63) is 5.82 Å². The summed E-state index contributed by atoms with van der Waals surface area (Å²) in [6.45, 7) is 4.64. The molecule has 0 aliphatic heterocycles. The van der Waals surface area contributed by atoms with Crippen LogP contribution in [-0.4, -0.2) is 40.3 Å². The first kappa shape index (κ1) is 14.7. The van der Waals surface area contributed by atoms with Crippen molar-refractivity contribution < 1.29 is 9.53 Å². The smallest absolute Gasteiger partial charge is 0.327 e. The monoisotopic (exact) mass is 301 g/mol. The number of hydrogen-bond donors (Lipinski definition) is 1. The first-order valence-corrected chi connectivity index (χ1v) is 8.15. The van der Waals surface area contributed by atoms with Crippen LogP contribution in [0.5, 0.6) is 0 Å². The van der Waals surface area contributed by atoms with Gasteiger partial charge in [-0.2, -0.15) is 4.37 Å². The molecule has 1 aromatic heterocycles. The maximum Gasteiger partial charge on any atom is 0.327 e. The Bertz CT molecular complexity index is 448. The van der Waals surface area contributed by atoms with Gasteiger partial charge in [0.25, 0.3) is 0 Å². The topological polar surface area (TPSA) is 64.1 Å². The molecule has 1 atom stereocenters. The van der Waals surface area contributed by atoms with E-state index < -0.39 is 5.54 Å². The Morgan fingerprint density at radius 2 is 2.37 bits per heavy atom. The lowest BCUT2D eigenvalue weighted by atomic mass is 9.95. The van der Waals surface area contributed by atoms with Gasteiger partial charge < -0.3 is 10.1 Å². The SMILES string of the molecule is CCNC(CSc1nc(C)ns1)(C(=O)OC)C1CC1. The summed E-state index contributed by atoms with van der Waals surface area (Å²) in [5, 5.41) is 3.35. The number of nitrogens with one attached hydrogen (secondary N) is 1. The number of aryl methyl sites for hydroxylation is 1. The second-order valence-corrected chi connectivity index (χ2v) is 6.64. The molecular formula is C12H19N3O2S2. The molecule has 7 heteroatoms. The molecule has 2 rings (SSSR count). The standard InChI is InChI=1S/C12H19N3O2S2/c1-4-13-12(9-5-6-9,10(16)17-3)7-18-11-14-8(2)15-19-11/h9,13H,4-7H2,1-3H3. The molecule has 106 valence electrons. The van der Waals surface area contributed by atoms with E-state index in [1.54, 1.807) is 11.8 Å². The van der Waals surface area contributed by atoms with Gasteiger partial charge in [0.1, 0.15) is 11.4 Å². The van der Waals surface area contributed by atoms with E-state index >= 15 is 0 Å². The van der Waals surface area contributed by atoms with E-state index in [1.807, 2.05) is 13.8 Å². The fraction of sp³-hybridized carbons (Fsp3) is 0.750. The Morgan fingerprint density at radius 3 is 2.84 bits per heavy atom. The summed E-state index contributed by atoms with van der Waals surface area (Å²) in [6.07, 6.45) is 2.16. The average molecular weight is 301 g/mol. The molecule has 1 unspecified atom stereocenters. The summed E-state index contributed by atoms with van der Waals surface area (Å²) in [7, 11) is 1.45. The maximum absolute atomic E-state index is 12.2.